The highest BCUT2D eigenvalue weighted by Gasteiger charge is 1.91. The van der Waals surface area contributed by atoms with Crippen molar-refractivity contribution in [3.8, 4) is 0 Å². The highest BCUT2D eigenvalue weighted by Crippen LogP contribution is 2.05. The van der Waals surface area contributed by atoms with E-state index in [0.717, 1.165) is 13.1 Å². The van der Waals surface area contributed by atoms with Crippen LogP contribution >= 0.6 is 33.9 Å². The molecule has 68 valence electrons. The van der Waals surface area contributed by atoms with Crippen LogP contribution in [-0.2, 0) is 6.42 Å². The first-order valence-electron chi connectivity index (χ1n) is 4.21. The first-order chi connectivity index (χ1) is 5.93. The van der Waals surface area contributed by atoms with Gasteiger partial charge in [-0.2, -0.15) is 11.3 Å². The molecule has 0 aliphatic rings. The van der Waals surface area contributed by atoms with Gasteiger partial charge in [0.15, 0.2) is 0 Å². The van der Waals surface area contributed by atoms with Crippen LogP contribution in [0, 0.1) is 0 Å². The minimum Gasteiger partial charge on any atom is -0.316 e. The number of rotatable bonds is 6. The third-order valence-electron chi connectivity index (χ3n) is 1.66. The highest BCUT2D eigenvalue weighted by atomic mass is 127. The lowest BCUT2D eigenvalue weighted by Gasteiger charge is -2.00. The topological polar surface area (TPSA) is 12.0 Å². The van der Waals surface area contributed by atoms with Gasteiger partial charge in [-0.3, -0.25) is 0 Å². The van der Waals surface area contributed by atoms with Crippen LogP contribution in [0.25, 0.3) is 0 Å². The van der Waals surface area contributed by atoms with Crippen LogP contribution in [0.5, 0.6) is 0 Å². The first kappa shape index (κ1) is 10.5. The molecule has 1 aromatic rings. The van der Waals surface area contributed by atoms with Crippen molar-refractivity contribution in [3.63, 3.8) is 0 Å². The van der Waals surface area contributed by atoms with E-state index in [1.807, 2.05) is 0 Å². The van der Waals surface area contributed by atoms with Gasteiger partial charge in [-0.1, -0.05) is 22.6 Å². The lowest BCUT2D eigenvalue weighted by Crippen LogP contribution is -2.18. The molecule has 0 saturated carbocycles. The lowest BCUT2D eigenvalue weighted by molar-refractivity contribution is 0.677. The number of nitrogens with one attached hydrogen (secondary N) is 1. The zero-order valence-corrected chi connectivity index (χ0v) is 10.0. The van der Waals surface area contributed by atoms with Crippen LogP contribution in [0.15, 0.2) is 16.8 Å². The second-order valence-corrected chi connectivity index (χ2v) is 4.53. The Hall–Kier alpha value is 0.390. The number of alkyl halides is 1. The van der Waals surface area contributed by atoms with Crippen molar-refractivity contribution in [2.45, 2.75) is 12.8 Å². The van der Waals surface area contributed by atoms with Gasteiger partial charge < -0.3 is 5.32 Å². The number of hydrogen-bond donors (Lipinski definition) is 1. The van der Waals surface area contributed by atoms with Crippen LogP contribution in [0.3, 0.4) is 0 Å². The average molecular weight is 295 g/mol. The van der Waals surface area contributed by atoms with E-state index in [9.17, 15) is 0 Å². The van der Waals surface area contributed by atoms with Crippen LogP contribution in [0.1, 0.15) is 12.0 Å². The van der Waals surface area contributed by atoms with Crippen LogP contribution in [0.2, 0.25) is 0 Å². The molecule has 3 heteroatoms. The largest absolute Gasteiger partial charge is 0.316 e. The fourth-order valence-electron chi connectivity index (χ4n) is 0.984. The number of thiophene rings is 1. The van der Waals surface area contributed by atoms with E-state index in [1.54, 1.807) is 11.3 Å². The molecule has 0 atom stereocenters. The molecule has 0 bridgehead atoms. The molecule has 1 aromatic heterocycles. The van der Waals surface area contributed by atoms with Crippen LogP contribution in [-0.4, -0.2) is 17.5 Å². The molecule has 1 N–H and O–H groups in total. The third-order valence-corrected chi connectivity index (χ3v) is 3.15. The number of halogens is 1. The molecular weight excluding hydrogens is 281 g/mol. The summed E-state index contributed by atoms with van der Waals surface area (Å²) in [5, 5.41) is 7.79. The number of hydrogen-bond acceptors (Lipinski definition) is 2. The van der Waals surface area contributed by atoms with Crippen LogP contribution in [0.4, 0.5) is 0 Å². The molecule has 0 amide bonds. The van der Waals surface area contributed by atoms with Gasteiger partial charge >= 0.3 is 0 Å². The van der Waals surface area contributed by atoms with Gasteiger partial charge in [0.25, 0.3) is 0 Å². The molecule has 0 aliphatic carbocycles. The van der Waals surface area contributed by atoms with E-state index in [0.29, 0.717) is 0 Å². The Bertz CT molecular complexity index is 186. The normalized spacial score (nSPS) is 10.4. The van der Waals surface area contributed by atoms with Crippen molar-refractivity contribution >= 4 is 33.9 Å². The summed E-state index contributed by atoms with van der Waals surface area (Å²) < 4.78 is 1.25. The predicted molar refractivity (Wildman–Crippen MR) is 64.4 cm³/mol. The predicted octanol–water partition coefficient (Wildman–Crippen LogP) is 2.71. The van der Waals surface area contributed by atoms with Gasteiger partial charge in [0.2, 0.25) is 0 Å². The highest BCUT2D eigenvalue weighted by molar-refractivity contribution is 14.1. The summed E-state index contributed by atoms with van der Waals surface area (Å²) in [6, 6.07) is 2.20. The molecule has 1 heterocycles. The summed E-state index contributed by atoms with van der Waals surface area (Å²) in [7, 11) is 0. The molecule has 0 aliphatic heterocycles. The maximum atomic E-state index is 3.42. The van der Waals surface area contributed by atoms with E-state index >= 15 is 0 Å². The van der Waals surface area contributed by atoms with E-state index < -0.39 is 0 Å². The monoisotopic (exact) mass is 295 g/mol. The zero-order chi connectivity index (χ0) is 8.65. The molecule has 0 radical (unpaired) electrons. The van der Waals surface area contributed by atoms with Gasteiger partial charge in [0.1, 0.15) is 0 Å². The molecular formula is C9H14INS. The van der Waals surface area contributed by atoms with Crippen molar-refractivity contribution in [2.24, 2.45) is 0 Å². The van der Waals surface area contributed by atoms with Gasteiger partial charge in [-0.15, -0.1) is 0 Å². The van der Waals surface area contributed by atoms with E-state index in [-0.39, 0.29) is 0 Å². The first-order valence-corrected chi connectivity index (χ1v) is 6.68. The lowest BCUT2D eigenvalue weighted by atomic mass is 10.2. The third kappa shape index (κ3) is 4.42. The van der Waals surface area contributed by atoms with E-state index in [4.69, 9.17) is 0 Å². The maximum absolute atomic E-state index is 3.42. The van der Waals surface area contributed by atoms with Gasteiger partial charge in [0.05, 0.1) is 0 Å². The standard InChI is InChI=1S/C9H14INS/c10-4-1-5-11-6-2-9-3-7-12-8-9/h3,7-8,11H,1-2,4-6H2. The molecule has 1 nitrogen and oxygen atoms in total. The Kier molecular flexibility index (Phi) is 5.98. The van der Waals surface area contributed by atoms with Crippen molar-refractivity contribution in [1.29, 1.82) is 0 Å². The summed E-state index contributed by atoms with van der Waals surface area (Å²) in [6.07, 6.45) is 2.45. The summed E-state index contributed by atoms with van der Waals surface area (Å²) >= 11 is 4.19. The fourth-order valence-corrected chi connectivity index (χ4v) is 2.07. The molecule has 0 spiro atoms. The Morgan fingerprint density at radius 2 is 2.33 bits per heavy atom. The average Bonchev–Trinajstić information content (AvgIpc) is 2.57. The summed E-state index contributed by atoms with van der Waals surface area (Å²) in [4.78, 5) is 0. The Labute approximate surface area is 91.7 Å². The van der Waals surface area contributed by atoms with Crippen molar-refractivity contribution in [1.82, 2.24) is 5.32 Å². The second kappa shape index (κ2) is 6.86. The summed E-state index contributed by atoms with van der Waals surface area (Å²) in [5.41, 5.74) is 1.46. The van der Waals surface area contributed by atoms with Crippen molar-refractivity contribution < 1.29 is 0 Å². The van der Waals surface area contributed by atoms with Gasteiger partial charge in [-0.05, 0) is 48.3 Å². The summed E-state index contributed by atoms with van der Waals surface area (Å²) in [5.74, 6) is 0. The Balaban J connectivity index is 1.96. The fraction of sp³-hybridized carbons (Fsp3) is 0.556. The smallest absolute Gasteiger partial charge is 0.000735 e. The van der Waals surface area contributed by atoms with Crippen LogP contribution < -0.4 is 5.32 Å². The molecule has 0 aromatic carbocycles. The minimum absolute atomic E-state index is 1.12. The molecule has 12 heavy (non-hydrogen) atoms. The molecule has 0 unspecified atom stereocenters. The van der Waals surface area contributed by atoms with E-state index in [1.165, 1.54) is 22.8 Å². The van der Waals surface area contributed by atoms with E-state index in [2.05, 4.69) is 44.7 Å². The van der Waals surface area contributed by atoms with Gasteiger partial charge in [0, 0.05) is 4.43 Å². The quantitative estimate of drug-likeness (QED) is 0.483. The molecule has 0 saturated heterocycles. The molecule has 1 rings (SSSR count). The van der Waals surface area contributed by atoms with Crippen molar-refractivity contribution in [3.05, 3.63) is 22.4 Å². The maximum Gasteiger partial charge on any atom is 0.000735 e. The minimum atomic E-state index is 1.12. The Morgan fingerprint density at radius 1 is 1.42 bits per heavy atom. The van der Waals surface area contributed by atoms with Crippen molar-refractivity contribution in [2.75, 3.05) is 17.5 Å². The second-order valence-electron chi connectivity index (χ2n) is 2.67. The van der Waals surface area contributed by atoms with Gasteiger partial charge in [-0.25, -0.2) is 0 Å². The molecule has 0 fully saturated rings. The summed E-state index contributed by atoms with van der Waals surface area (Å²) in [6.45, 7) is 2.28. The Morgan fingerprint density at radius 3 is 3.00 bits per heavy atom. The zero-order valence-electron chi connectivity index (χ0n) is 7.05. The SMILES string of the molecule is ICCCNCCc1ccsc1.